The summed E-state index contributed by atoms with van der Waals surface area (Å²) in [6, 6.07) is 8.51. The molecule has 5 heteroatoms. The van der Waals surface area contributed by atoms with Crippen LogP contribution in [0.2, 0.25) is 0 Å². The molecule has 0 unspecified atom stereocenters. The van der Waals surface area contributed by atoms with Crippen LogP contribution in [0.4, 0.5) is 0 Å². The second kappa shape index (κ2) is 5.27. The number of hydrogen-bond donors (Lipinski definition) is 1. The zero-order valence-corrected chi connectivity index (χ0v) is 9.75. The first-order valence-electron chi connectivity index (χ1n) is 5.28. The van der Waals surface area contributed by atoms with E-state index in [2.05, 4.69) is 0 Å². The summed E-state index contributed by atoms with van der Waals surface area (Å²) in [5.41, 5.74) is 0.102. The van der Waals surface area contributed by atoms with Gasteiger partial charge in [-0.05, 0) is 18.2 Å². The fraction of sp³-hybridized carbons (Fsp3) is 0.154. The molecule has 0 aliphatic heterocycles. The molecule has 1 aromatic carbocycles. The van der Waals surface area contributed by atoms with Crippen molar-refractivity contribution in [2.45, 2.75) is 6.61 Å². The van der Waals surface area contributed by atoms with E-state index in [1.165, 1.54) is 19.4 Å². The van der Waals surface area contributed by atoms with E-state index in [4.69, 9.17) is 19.0 Å². The van der Waals surface area contributed by atoms with Crippen LogP contribution in [0.5, 0.6) is 11.5 Å². The van der Waals surface area contributed by atoms with Crippen LogP contribution in [0.15, 0.2) is 41.0 Å². The minimum absolute atomic E-state index is 0.0367. The molecule has 0 atom stereocenters. The van der Waals surface area contributed by atoms with Crippen LogP contribution in [-0.4, -0.2) is 18.2 Å². The molecule has 5 nitrogen and oxygen atoms in total. The highest BCUT2D eigenvalue weighted by Gasteiger charge is 2.14. The van der Waals surface area contributed by atoms with E-state index < -0.39 is 5.97 Å². The molecular weight excluding hydrogens is 236 g/mol. The van der Waals surface area contributed by atoms with E-state index in [-0.39, 0.29) is 17.9 Å². The van der Waals surface area contributed by atoms with Crippen LogP contribution in [0.1, 0.15) is 16.1 Å². The number of methoxy groups -OCH3 is 1. The molecule has 1 aromatic heterocycles. The van der Waals surface area contributed by atoms with Gasteiger partial charge in [0.2, 0.25) is 0 Å². The summed E-state index contributed by atoms with van der Waals surface area (Å²) < 4.78 is 15.7. The van der Waals surface area contributed by atoms with E-state index in [1.807, 2.05) is 6.07 Å². The lowest BCUT2D eigenvalue weighted by Gasteiger charge is -2.09. The first-order chi connectivity index (χ1) is 8.72. The molecule has 1 heterocycles. The lowest BCUT2D eigenvalue weighted by atomic mass is 10.2. The van der Waals surface area contributed by atoms with Crippen molar-refractivity contribution >= 4 is 5.97 Å². The number of rotatable bonds is 5. The molecule has 0 spiro atoms. The summed E-state index contributed by atoms with van der Waals surface area (Å²) in [7, 11) is 1.54. The number of hydrogen-bond acceptors (Lipinski definition) is 4. The van der Waals surface area contributed by atoms with Crippen molar-refractivity contribution in [1.29, 1.82) is 0 Å². The van der Waals surface area contributed by atoms with Gasteiger partial charge in [-0.1, -0.05) is 12.1 Å². The second-order valence-electron chi connectivity index (χ2n) is 3.50. The summed E-state index contributed by atoms with van der Waals surface area (Å²) in [4.78, 5) is 10.9. The highest BCUT2D eigenvalue weighted by atomic mass is 16.5. The van der Waals surface area contributed by atoms with Crippen molar-refractivity contribution in [1.82, 2.24) is 0 Å². The Balaban J connectivity index is 2.11. The average Bonchev–Trinajstić information content (AvgIpc) is 2.85. The number of carbonyl (C=O) groups is 1. The van der Waals surface area contributed by atoms with Gasteiger partial charge < -0.3 is 19.0 Å². The third kappa shape index (κ3) is 2.45. The van der Waals surface area contributed by atoms with Crippen LogP contribution in [0.3, 0.4) is 0 Å². The van der Waals surface area contributed by atoms with Crippen LogP contribution in [0.25, 0.3) is 0 Å². The first kappa shape index (κ1) is 12.0. The van der Waals surface area contributed by atoms with E-state index in [1.54, 1.807) is 18.2 Å². The van der Waals surface area contributed by atoms with Crippen LogP contribution < -0.4 is 9.47 Å². The summed E-state index contributed by atoms with van der Waals surface area (Å²) in [5.74, 6) is 0.351. The fourth-order valence-corrected chi connectivity index (χ4v) is 1.52. The normalized spacial score (nSPS) is 10.1. The topological polar surface area (TPSA) is 68.9 Å². The first-order valence-corrected chi connectivity index (χ1v) is 5.28. The molecule has 0 aliphatic rings. The van der Waals surface area contributed by atoms with Crippen molar-refractivity contribution in [3.63, 3.8) is 0 Å². The number of aromatic carboxylic acids is 1. The Bertz CT molecular complexity index is 544. The van der Waals surface area contributed by atoms with Gasteiger partial charge in [0.1, 0.15) is 12.2 Å². The van der Waals surface area contributed by atoms with Gasteiger partial charge >= 0.3 is 5.97 Å². The van der Waals surface area contributed by atoms with Gasteiger partial charge in [-0.2, -0.15) is 0 Å². The molecule has 0 bridgehead atoms. The van der Waals surface area contributed by atoms with E-state index in [0.717, 1.165) is 0 Å². The maximum atomic E-state index is 10.9. The molecule has 2 rings (SSSR count). The molecule has 2 aromatic rings. The third-order valence-electron chi connectivity index (χ3n) is 2.40. The quantitative estimate of drug-likeness (QED) is 0.880. The molecule has 0 radical (unpaired) electrons. The largest absolute Gasteiger partial charge is 0.493 e. The van der Waals surface area contributed by atoms with Crippen LogP contribution in [0, 0.1) is 0 Å². The van der Waals surface area contributed by atoms with Gasteiger partial charge in [0.05, 0.1) is 13.4 Å². The smallest absolute Gasteiger partial charge is 0.339 e. The fourth-order valence-electron chi connectivity index (χ4n) is 1.52. The molecule has 94 valence electrons. The monoisotopic (exact) mass is 248 g/mol. The standard InChI is InChI=1S/C13H12O5/c1-16-10-4-2-3-5-11(10)18-8-12-9(13(14)15)6-7-17-12/h2-7H,8H2,1H3,(H,14,15). The second-order valence-corrected chi connectivity index (χ2v) is 3.50. The minimum Gasteiger partial charge on any atom is -0.493 e. The van der Waals surface area contributed by atoms with Crippen molar-refractivity contribution in [3.8, 4) is 11.5 Å². The number of carboxylic acids is 1. The maximum absolute atomic E-state index is 10.9. The van der Waals surface area contributed by atoms with Crippen molar-refractivity contribution in [3.05, 3.63) is 47.9 Å². The van der Waals surface area contributed by atoms with Crippen LogP contribution >= 0.6 is 0 Å². The van der Waals surface area contributed by atoms with Crippen molar-refractivity contribution in [2.75, 3.05) is 7.11 Å². The zero-order chi connectivity index (χ0) is 13.0. The van der Waals surface area contributed by atoms with E-state index in [0.29, 0.717) is 11.5 Å². The highest BCUT2D eigenvalue weighted by molar-refractivity contribution is 5.88. The Kier molecular flexibility index (Phi) is 3.52. The molecule has 1 N–H and O–H groups in total. The molecule has 0 fully saturated rings. The summed E-state index contributed by atoms with van der Waals surface area (Å²) in [5, 5.41) is 8.91. The van der Waals surface area contributed by atoms with Gasteiger partial charge in [-0.15, -0.1) is 0 Å². The van der Waals surface area contributed by atoms with E-state index >= 15 is 0 Å². The molecular formula is C13H12O5. The molecule has 0 saturated carbocycles. The number of para-hydroxylation sites is 2. The van der Waals surface area contributed by atoms with Crippen molar-refractivity contribution in [2.24, 2.45) is 0 Å². The van der Waals surface area contributed by atoms with Gasteiger partial charge in [-0.25, -0.2) is 4.79 Å². The summed E-state index contributed by atoms with van der Waals surface area (Å²) in [6.45, 7) is 0.0367. The third-order valence-corrected chi connectivity index (χ3v) is 2.40. The maximum Gasteiger partial charge on any atom is 0.339 e. The lowest BCUT2D eigenvalue weighted by Crippen LogP contribution is -2.03. The van der Waals surface area contributed by atoms with E-state index in [9.17, 15) is 4.79 Å². The Morgan fingerprint density at radius 1 is 1.28 bits per heavy atom. The Hall–Kier alpha value is -2.43. The van der Waals surface area contributed by atoms with Gasteiger partial charge in [0, 0.05) is 0 Å². The average molecular weight is 248 g/mol. The number of ether oxygens (including phenoxy) is 2. The van der Waals surface area contributed by atoms with Gasteiger partial charge in [0.15, 0.2) is 17.3 Å². The number of furan rings is 1. The lowest BCUT2D eigenvalue weighted by molar-refractivity contribution is 0.0692. The predicted molar refractivity (Wildman–Crippen MR) is 63.0 cm³/mol. The minimum atomic E-state index is -1.04. The Morgan fingerprint density at radius 3 is 2.67 bits per heavy atom. The zero-order valence-electron chi connectivity index (χ0n) is 9.75. The van der Waals surface area contributed by atoms with Crippen molar-refractivity contribution < 1.29 is 23.8 Å². The Labute approximate surface area is 104 Å². The SMILES string of the molecule is COc1ccccc1OCc1occc1C(=O)O. The summed E-state index contributed by atoms with van der Waals surface area (Å²) in [6.07, 6.45) is 1.32. The van der Waals surface area contributed by atoms with Gasteiger partial charge in [-0.3, -0.25) is 0 Å². The predicted octanol–water partition coefficient (Wildman–Crippen LogP) is 2.57. The van der Waals surface area contributed by atoms with Gasteiger partial charge in [0.25, 0.3) is 0 Å². The van der Waals surface area contributed by atoms with Crippen LogP contribution in [-0.2, 0) is 6.61 Å². The number of carboxylic acid groups (broad SMARTS) is 1. The molecule has 0 saturated heterocycles. The number of benzene rings is 1. The summed E-state index contributed by atoms with van der Waals surface area (Å²) >= 11 is 0. The molecule has 18 heavy (non-hydrogen) atoms. The highest BCUT2D eigenvalue weighted by Crippen LogP contribution is 2.27. The molecule has 0 amide bonds. The molecule has 0 aliphatic carbocycles. The Morgan fingerprint density at radius 2 is 2.00 bits per heavy atom.